The van der Waals surface area contributed by atoms with Crippen LogP contribution in [0, 0.1) is 0 Å². The van der Waals surface area contributed by atoms with Gasteiger partial charge in [0.05, 0.1) is 29.9 Å². The Hall–Kier alpha value is -3.81. The number of anilines is 1. The Morgan fingerprint density at radius 3 is 2.73 bits per heavy atom. The number of carbonyl (C=O) groups is 1. The third-order valence-corrected chi connectivity index (χ3v) is 6.23. The number of carbonyl (C=O) groups excluding carboxylic acids is 1. The summed E-state index contributed by atoms with van der Waals surface area (Å²) in [5.74, 6) is -0.297. The molecule has 0 aromatic carbocycles. The second-order valence-corrected chi connectivity index (χ2v) is 8.74. The van der Waals surface area contributed by atoms with Gasteiger partial charge in [0.1, 0.15) is 5.65 Å². The van der Waals surface area contributed by atoms with Crippen LogP contribution in [0.5, 0.6) is 0 Å². The quantitative estimate of drug-likeness (QED) is 0.307. The second kappa shape index (κ2) is 9.92. The van der Waals surface area contributed by atoms with Gasteiger partial charge in [-0.05, 0) is 43.4 Å². The van der Waals surface area contributed by atoms with Crippen LogP contribution < -0.4 is 10.6 Å². The third-order valence-electron chi connectivity index (χ3n) is 6.23. The Labute approximate surface area is 206 Å². The summed E-state index contributed by atoms with van der Waals surface area (Å²) in [6.07, 6.45) is -0.226. The van der Waals surface area contributed by atoms with Crippen molar-refractivity contribution >= 4 is 28.4 Å². The van der Waals surface area contributed by atoms with Gasteiger partial charge < -0.3 is 15.6 Å². The average molecular weight is 523 g/mol. The van der Waals surface area contributed by atoms with E-state index in [9.17, 15) is 26.7 Å². The molecule has 0 bridgehead atoms. The first-order valence-corrected chi connectivity index (χ1v) is 11.6. The lowest BCUT2D eigenvalue weighted by molar-refractivity contribution is -0.345. The van der Waals surface area contributed by atoms with Gasteiger partial charge in [-0.1, -0.05) is 0 Å². The number of aromatic nitrogens is 5. The second-order valence-electron chi connectivity index (χ2n) is 8.74. The van der Waals surface area contributed by atoms with E-state index in [1.807, 2.05) is 0 Å². The Bertz CT molecular complexity index is 1410. The minimum atomic E-state index is -4.63. The van der Waals surface area contributed by atoms with Crippen LogP contribution in [0.2, 0.25) is 0 Å². The average Bonchev–Trinajstić information content (AvgIpc) is 3.46. The standard InChI is InChI=1S/C23H22F5N7O2/c24-19(25)11-30-21(36)17-10-32-35-6-5-12(7-18(17)35)15-8-29-20-16(15)9-31-22(34-20)33-13-1-3-14(4-2-13)37-23(26,27)28/h5-10,13-14,19H,1-4,11H2,(H,30,36)(H2,29,31,33,34). The number of hydrogen-bond donors (Lipinski definition) is 3. The molecule has 0 radical (unpaired) electrons. The van der Waals surface area contributed by atoms with Crippen molar-refractivity contribution in [2.24, 2.45) is 0 Å². The number of ether oxygens (including phenoxy) is 1. The Kier molecular flexibility index (Phi) is 6.67. The SMILES string of the molecule is O=C(NCC(F)F)c1cnn2ccc(-c3c[nH]c4nc(NC5CCC(OC(F)(F)F)CC5)ncc34)cc12. The molecule has 14 heteroatoms. The number of rotatable bonds is 7. The van der Waals surface area contributed by atoms with Crippen molar-refractivity contribution in [2.75, 3.05) is 11.9 Å². The first kappa shape index (κ1) is 24.9. The molecule has 0 saturated heterocycles. The molecule has 0 unspecified atom stereocenters. The molecule has 37 heavy (non-hydrogen) atoms. The van der Waals surface area contributed by atoms with Crippen molar-refractivity contribution in [2.45, 2.75) is 50.6 Å². The van der Waals surface area contributed by atoms with Gasteiger partial charge in [-0.25, -0.2) is 18.3 Å². The van der Waals surface area contributed by atoms with Crippen molar-refractivity contribution in [3.63, 3.8) is 0 Å². The maximum Gasteiger partial charge on any atom is 0.522 e. The van der Waals surface area contributed by atoms with Crippen LogP contribution in [0.25, 0.3) is 27.7 Å². The lowest BCUT2D eigenvalue weighted by atomic mass is 9.93. The zero-order chi connectivity index (χ0) is 26.2. The number of nitrogens with one attached hydrogen (secondary N) is 3. The molecule has 5 rings (SSSR count). The smallest absolute Gasteiger partial charge is 0.351 e. The highest BCUT2D eigenvalue weighted by atomic mass is 19.4. The number of halogens is 5. The lowest BCUT2D eigenvalue weighted by Crippen LogP contribution is -2.33. The molecule has 0 atom stereocenters. The highest BCUT2D eigenvalue weighted by Crippen LogP contribution is 2.31. The number of alkyl halides is 5. The first-order valence-electron chi connectivity index (χ1n) is 11.6. The van der Waals surface area contributed by atoms with E-state index in [1.54, 1.807) is 30.7 Å². The van der Waals surface area contributed by atoms with Crippen molar-refractivity contribution < 1.29 is 31.5 Å². The number of pyridine rings is 1. The highest BCUT2D eigenvalue weighted by Gasteiger charge is 2.35. The lowest BCUT2D eigenvalue weighted by Gasteiger charge is -2.29. The number of fused-ring (bicyclic) bond motifs is 2. The number of amides is 1. The summed E-state index contributed by atoms with van der Waals surface area (Å²) >= 11 is 0. The molecule has 1 fully saturated rings. The van der Waals surface area contributed by atoms with Crippen LogP contribution >= 0.6 is 0 Å². The molecular weight excluding hydrogens is 501 g/mol. The van der Waals surface area contributed by atoms with E-state index in [1.165, 1.54) is 10.7 Å². The Balaban J connectivity index is 1.31. The summed E-state index contributed by atoms with van der Waals surface area (Å²) in [5, 5.41) is 10.2. The van der Waals surface area contributed by atoms with E-state index in [0.29, 0.717) is 35.3 Å². The molecule has 4 heterocycles. The Morgan fingerprint density at radius 1 is 1.22 bits per heavy atom. The zero-order valence-electron chi connectivity index (χ0n) is 19.2. The molecular formula is C23H22F5N7O2. The fourth-order valence-electron chi connectivity index (χ4n) is 4.50. The van der Waals surface area contributed by atoms with E-state index >= 15 is 0 Å². The molecule has 4 aromatic heterocycles. The van der Waals surface area contributed by atoms with E-state index in [4.69, 9.17) is 0 Å². The van der Waals surface area contributed by atoms with Gasteiger partial charge in [-0.15, -0.1) is 13.2 Å². The fraction of sp³-hybridized carbons (Fsp3) is 0.391. The highest BCUT2D eigenvalue weighted by molar-refractivity contribution is 6.02. The van der Waals surface area contributed by atoms with Crippen LogP contribution in [0.4, 0.5) is 27.9 Å². The summed E-state index contributed by atoms with van der Waals surface area (Å²) in [6, 6.07) is 3.44. The minimum absolute atomic E-state index is 0.0705. The number of aromatic amines is 1. The van der Waals surface area contributed by atoms with E-state index in [2.05, 4.69) is 35.4 Å². The van der Waals surface area contributed by atoms with Crippen molar-refractivity contribution in [3.05, 3.63) is 42.5 Å². The van der Waals surface area contributed by atoms with E-state index in [0.717, 1.165) is 11.1 Å². The molecule has 9 nitrogen and oxygen atoms in total. The molecule has 196 valence electrons. The zero-order valence-corrected chi connectivity index (χ0v) is 19.2. The van der Waals surface area contributed by atoms with Crippen molar-refractivity contribution in [1.82, 2.24) is 29.9 Å². The predicted molar refractivity (Wildman–Crippen MR) is 123 cm³/mol. The monoisotopic (exact) mass is 523 g/mol. The van der Waals surface area contributed by atoms with Gasteiger partial charge in [0.2, 0.25) is 5.95 Å². The maximum absolute atomic E-state index is 12.5. The van der Waals surface area contributed by atoms with Crippen LogP contribution in [0.1, 0.15) is 36.0 Å². The van der Waals surface area contributed by atoms with Gasteiger partial charge in [-0.2, -0.15) is 10.1 Å². The normalized spacial score (nSPS) is 18.5. The molecule has 1 saturated carbocycles. The molecule has 0 spiro atoms. The molecule has 0 aliphatic heterocycles. The van der Waals surface area contributed by atoms with Crippen LogP contribution in [-0.4, -0.2) is 62.0 Å². The van der Waals surface area contributed by atoms with Crippen LogP contribution in [0.3, 0.4) is 0 Å². The molecule has 1 aliphatic rings. The number of nitrogens with zero attached hydrogens (tertiary/aromatic N) is 4. The van der Waals surface area contributed by atoms with Crippen LogP contribution in [-0.2, 0) is 4.74 Å². The van der Waals surface area contributed by atoms with Crippen molar-refractivity contribution in [1.29, 1.82) is 0 Å². The topological polar surface area (TPSA) is 109 Å². The third kappa shape index (κ3) is 5.63. The van der Waals surface area contributed by atoms with Gasteiger partial charge in [0.25, 0.3) is 12.3 Å². The number of hydrogen-bond acceptors (Lipinski definition) is 6. The summed E-state index contributed by atoms with van der Waals surface area (Å²) in [7, 11) is 0. The summed E-state index contributed by atoms with van der Waals surface area (Å²) in [4.78, 5) is 24.3. The molecule has 3 N–H and O–H groups in total. The minimum Gasteiger partial charge on any atom is -0.351 e. The number of H-pyrrole nitrogens is 1. The van der Waals surface area contributed by atoms with Crippen LogP contribution in [0.15, 0.2) is 36.9 Å². The first-order chi connectivity index (χ1) is 17.7. The summed E-state index contributed by atoms with van der Waals surface area (Å²) in [5.41, 5.74) is 2.65. The van der Waals surface area contributed by atoms with Gasteiger partial charge in [-0.3, -0.25) is 9.53 Å². The molecule has 4 aromatic rings. The van der Waals surface area contributed by atoms with Crippen molar-refractivity contribution in [3.8, 4) is 11.1 Å². The van der Waals surface area contributed by atoms with E-state index in [-0.39, 0.29) is 24.4 Å². The van der Waals surface area contributed by atoms with Gasteiger partial charge in [0, 0.05) is 35.6 Å². The molecule has 1 aliphatic carbocycles. The maximum atomic E-state index is 12.5. The van der Waals surface area contributed by atoms with Gasteiger partial charge in [0.15, 0.2) is 0 Å². The van der Waals surface area contributed by atoms with Gasteiger partial charge >= 0.3 is 6.36 Å². The summed E-state index contributed by atoms with van der Waals surface area (Å²) < 4.78 is 67.8. The molecule has 1 amide bonds. The predicted octanol–water partition coefficient (Wildman–Crippen LogP) is 4.53. The fourth-order valence-corrected chi connectivity index (χ4v) is 4.50. The summed E-state index contributed by atoms with van der Waals surface area (Å²) in [6.45, 7) is -0.755. The largest absolute Gasteiger partial charge is 0.522 e. The Morgan fingerprint density at radius 2 is 2.00 bits per heavy atom. The van der Waals surface area contributed by atoms with E-state index < -0.39 is 31.3 Å².